The van der Waals surface area contributed by atoms with Crippen molar-refractivity contribution in [3.63, 3.8) is 0 Å². The first-order chi connectivity index (χ1) is 17.7. The molecular formula is C27H38N2O7S. The second-order valence-corrected chi connectivity index (χ2v) is 11.2. The Kier molecular flexibility index (Phi) is 10.0. The molecule has 1 aliphatic rings. The van der Waals surface area contributed by atoms with Crippen LogP contribution in [0.3, 0.4) is 0 Å². The Bertz CT molecular complexity index is 1180. The van der Waals surface area contributed by atoms with Crippen LogP contribution in [0.5, 0.6) is 23.0 Å². The van der Waals surface area contributed by atoms with Crippen LogP contribution in [0.4, 0.5) is 0 Å². The first kappa shape index (κ1) is 28.6. The average Bonchev–Trinajstić information content (AvgIpc) is 3.04. The predicted molar refractivity (Wildman–Crippen MR) is 142 cm³/mol. The molecule has 0 saturated heterocycles. The molecule has 0 aromatic heterocycles. The standard InChI is InChI=1S/C27H38N2O7S/c1-28(12-7-15-37(31,32)22-8-9-23(33-2)26(19-22)36-5)11-6-13-29-14-10-20-16-24(34-3)25(35-4)17-21(20)18-27(29)30/h8-9,16-17,19H,6-7,10-15,18H2,1-5H3. The Morgan fingerprint density at radius 3 is 2.08 bits per heavy atom. The summed E-state index contributed by atoms with van der Waals surface area (Å²) in [5, 5.41) is 0. The molecule has 0 fully saturated rings. The number of carbonyl (C=O) groups excluding carboxylic acids is 1. The van der Waals surface area contributed by atoms with Crippen molar-refractivity contribution >= 4 is 15.7 Å². The van der Waals surface area contributed by atoms with Gasteiger partial charge in [-0.3, -0.25) is 4.79 Å². The van der Waals surface area contributed by atoms with Crippen molar-refractivity contribution in [2.24, 2.45) is 0 Å². The van der Waals surface area contributed by atoms with Gasteiger partial charge in [0.1, 0.15) is 0 Å². The van der Waals surface area contributed by atoms with E-state index >= 15 is 0 Å². The summed E-state index contributed by atoms with van der Waals surface area (Å²) in [6.45, 7) is 2.74. The summed E-state index contributed by atoms with van der Waals surface area (Å²) in [7, 11) is 4.74. The highest BCUT2D eigenvalue weighted by Gasteiger charge is 2.23. The minimum atomic E-state index is -3.43. The first-order valence-corrected chi connectivity index (χ1v) is 14.0. The van der Waals surface area contributed by atoms with Crippen LogP contribution in [-0.4, -0.2) is 91.5 Å². The van der Waals surface area contributed by atoms with E-state index in [1.54, 1.807) is 26.4 Å². The fraction of sp³-hybridized carbons (Fsp3) is 0.519. The van der Waals surface area contributed by atoms with Gasteiger partial charge in [-0.05, 0) is 74.8 Å². The fourth-order valence-electron chi connectivity index (χ4n) is 4.55. The molecule has 204 valence electrons. The number of rotatable bonds is 13. The Morgan fingerprint density at radius 1 is 0.838 bits per heavy atom. The monoisotopic (exact) mass is 534 g/mol. The van der Waals surface area contributed by atoms with Crippen molar-refractivity contribution < 1.29 is 32.2 Å². The van der Waals surface area contributed by atoms with E-state index in [1.807, 2.05) is 24.1 Å². The Labute approximate surface area is 220 Å². The van der Waals surface area contributed by atoms with E-state index in [-0.39, 0.29) is 16.6 Å². The van der Waals surface area contributed by atoms with Crippen molar-refractivity contribution in [3.8, 4) is 23.0 Å². The quantitative estimate of drug-likeness (QED) is 0.387. The van der Waals surface area contributed by atoms with Crippen molar-refractivity contribution in [2.45, 2.75) is 30.6 Å². The summed E-state index contributed by atoms with van der Waals surface area (Å²) in [6.07, 6.45) is 2.44. The lowest BCUT2D eigenvalue weighted by Gasteiger charge is -2.22. The number of benzene rings is 2. The van der Waals surface area contributed by atoms with E-state index in [2.05, 4.69) is 4.90 Å². The zero-order valence-electron chi connectivity index (χ0n) is 22.4. The number of ether oxygens (including phenoxy) is 4. The molecule has 37 heavy (non-hydrogen) atoms. The summed E-state index contributed by atoms with van der Waals surface area (Å²) < 4.78 is 46.8. The summed E-state index contributed by atoms with van der Waals surface area (Å²) in [5.41, 5.74) is 2.10. The van der Waals surface area contributed by atoms with Gasteiger partial charge in [0.05, 0.1) is 45.5 Å². The lowest BCUT2D eigenvalue weighted by atomic mass is 10.0. The molecule has 0 unspecified atom stereocenters. The maximum Gasteiger partial charge on any atom is 0.227 e. The smallest absolute Gasteiger partial charge is 0.227 e. The van der Waals surface area contributed by atoms with E-state index < -0.39 is 9.84 Å². The third-order valence-electron chi connectivity index (χ3n) is 6.69. The highest BCUT2D eigenvalue weighted by molar-refractivity contribution is 7.91. The Hall–Kier alpha value is -2.98. The number of methoxy groups -OCH3 is 4. The second kappa shape index (κ2) is 13.0. The molecular weight excluding hydrogens is 496 g/mol. The molecule has 2 aromatic rings. The lowest BCUT2D eigenvalue weighted by Crippen LogP contribution is -2.35. The molecule has 0 N–H and O–H groups in total. The van der Waals surface area contributed by atoms with Gasteiger partial charge in [0.2, 0.25) is 5.91 Å². The number of hydrogen-bond acceptors (Lipinski definition) is 8. The maximum absolute atomic E-state index is 12.9. The summed E-state index contributed by atoms with van der Waals surface area (Å²) in [4.78, 5) is 17.1. The van der Waals surface area contributed by atoms with Crippen molar-refractivity contribution in [1.29, 1.82) is 0 Å². The third kappa shape index (κ3) is 7.29. The van der Waals surface area contributed by atoms with E-state index in [1.165, 1.54) is 20.3 Å². The van der Waals surface area contributed by atoms with Gasteiger partial charge in [-0.1, -0.05) is 0 Å². The fourth-order valence-corrected chi connectivity index (χ4v) is 5.85. The van der Waals surface area contributed by atoms with Gasteiger partial charge in [0.15, 0.2) is 32.8 Å². The number of sulfone groups is 1. The van der Waals surface area contributed by atoms with Crippen molar-refractivity contribution in [2.75, 3.05) is 67.4 Å². The second-order valence-electron chi connectivity index (χ2n) is 9.13. The highest BCUT2D eigenvalue weighted by Crippen LogP contribution is 2.32. The van der Waals surface area contributed by atoms with Gasteiger partial charge in [-0.25, -0.2) is 8.42 Å². The zero-order valence-corrected chi connectivity index (χ0v) is 23.2. The largest absolute Gasteiger partial charge is 0.493 e. The number of nitrogens with zero attached hydrogens (tertiary/aromatic N) is 2. The molecule has 9 nitrogen and oxygen atoms in total. The van der Waals surface area contributed by atoms with E-state index in [9.17, 15) is 13.2 Å². The Balaban J connectivity index is 1.45. The minimum absolute atomic E-state index is 0.0443. The molecule has 1 aliphatic heterocycles. The summed E-state index contributed by atoms with van der Waals surface area (Å²) in [5.74, 6) is 2.35. The van der Waals surface area contributed by atoms with E-state index in [0.717, 1.165) is 30.5 Å². The normalized spacial score (nSPS) is 13.8. The zero-order chi connectivity index (χ0) is 27.0. The van der Waals surface area contributed by atoms with Gasteiger partial charge in [0.25, 0.3) is 0 Å². The highest BCUT2D eigenvalue weighted by atomic mass is 32.2. The SMILES string of the molecule is COc1ccc(S(=O)(=O)CCCN(C)CCCN2CCc3cc(OC)c(OC)cc3CC2=O)cc1OC. The van der Waals surface area contributed by atoms with Crippen LogP contribution in [-0.2, 0) is 27.5 Å². The summed E-state index contributed by atoms with van der Waals surface area (Å²) in [6, 6.07) is 8.52. The minimum Gasteiger partial charge on any atom is -0.493 e. The van der Waals surface area contributed by atoms with E-state index in [0.29, 0.717) is 55.5 Å². The number of amides is 1. The van der Waals surface area contributed by atoms with Gasteiger partial charge in [0, 0.05) is 19.2 Å². The van der Waals surface area contributed by atoms with Crippen LogP contribution in [0.25, 0.3) is 0 Å². The predicted octanol–water partition coefficient (Wildman–Crippen LogP) is 2.83. The van der Waals surface area contributed by atoms with Crippen molar-refractivity contribution in [1.82, 2.24) is 9.80 Å². The molecule has 0 spiro atoms. The average molecular weight is 535 g/mol. The number of carbonyl (C=O) groups is 1. The molecule has 0 atom stereocenters. The third-order valence-corrected chi connectivity index (χ3v) is 8.48. The van der Waals surface area contributed by atoms with Gasteiger partial charge >= 0.3 is 0 Å². The molecule has 0 aliphatic carbocycles. The van der Waals surface area contributed by atoms with Crippen LogP contribution in [0.15, 0.2) is 35.2 Å². The van der Waals surface area contributed by atoms with Gasteiger partial charge in [-0.15, -0.1) is 0 Å². The molecule has 3 rings (SSSR count). The maximum atomic E-state index is 12.9. The molecule has 2 aromatic carbocycles. The molecule has 0 saturated carbocycles. The molecule has 1 amide bonds. The molecule has 0 bridgehead atoms. The number of fused-ring (bicyclic) bond motifs is 1. The van der Waals surface area contributed by atoms with Crippen LogP contribution < -0.4 is 18.9 Å². The van der Waals surface area contributed by atoms with Crippen LogP contribution in [0.1, 0.15) is 24.0 Å². The van der Waals surface area contributed by atoms with Crippen LogP contribution in [0.2, 0.25) is 0 Å². The van der Waals surface area contributed by atoms with Crippen LogP contribution >= 0.6 is 0 Å². The van der Waals surface area contributed by atoms with Gasteiger partial charge in [-0.2, -0.15) is 0 Å². The number of hydrogen-bond donors (Lipinski definition) is 0. The Morgan fingerprint density at radius 2 is 1.43 bits per heavy atom. The van der Waals surface area contributed by atoms with Crippen molar-refractivity contribution in [3.05, 3.63) is 41.5 Å². The first-order valence-electron chi connectivity index (χ1n) is 12.4. The topological polar surface area (TPSA) is 94.6 Å². The molecule has 1 heterocycles. The van der Waals surface area contributed by atoms with E-state index in [4.69, 9.17) is 18.9 Å². The lowest BCUT2D eigenvalue weighted by molar-refractivity contribution is -0.130. The molecule has 10 heteroatoms. The van der Waals surface area contributed by atoms with Gasteiger partial charge < -0.3 is 28.7 Å². The summed E-state index contributed by atoms with van der Waals surface area (Å²) >= 11 is 0. The van der Waals surface area contributed by atoms with Crippen LogP contribution in [0, 0.1) is 0 Å². The molecule has 0 radical (unpaired) electrons.